The molecule has 1 rings (SSSR count). The van der Waals surface area contributed by atoms with Crippen LogP contribution in [0.2, 0.25) is 0 Å². The summed E-state index contributed by atoms with van der Waals surface area (Å²) in [6.45, 7) is 0.227. The number of nitrogens with two attached hydrogens (primary N) is 1. The Labute approximate surface area is 89.0 Å². The highest BCUT2D eigenvalue weighted by molar-refractivity contribution is 6.00. The van der Waals surface area contributed by atoms with E-state index in [1.807, 2.05) is 0 Å². The molecular formula is C11H15NO3. The van der Waals surface area contributed by atoms with Gasteiger partial charge in [-0.25, -0.2) is 0 Å². The fraction of sp³-hybridized carbons (Fsp3) is 0.364. The summed E-state index contributed by atoms with van der Waals surface area (Å²) in [7, 11) is 3.09. The molecule has 0 spiro atoms. The second-order valence-corrected chi connectivity index (χ2v) is 3.15. The first-order chi connectivity index (χ1) is 7.19. The largest absolute Gasteiger partial charge is 0.497 e. The summed E-state index contributed by atoms with van der Waals surface area (Å²) in [6.07, 6.45) is 0. The van der Waals surface area contributed by atoms with Crippen LogP contribution >= 0.6 is 0 Å². The zero-order valence-electron chi connectivity index (χ0n) is 8.90. The van der Waals surface area contributed by atoms with Crippen molar-refractivity contribution in [3.8, 4) is 5.75 Å². The van der Waals surface area contributed by atoms with Gasteiger partial charge in [-0.05, 0) is 24.3 Å². The van der Waals surface area contributed by atoms with E-state index >= 15 is 0 Å². The number of hydrogen-bond donors (Lipinski definition) is 1. The van der Waals surface area contributed by atoms with Gasteiger partial charge in [0.1, 0.15) is 5.75 Å². The monoisotopic (exact) mass is 209 g/mol. The lowest BCUT2D eigenvalue weighted by molar-refractivity contribution is 0.0892. The fourth-order valence-electron chi connectivity index (χ4n) is 1.22. The van der Waals surface area contributed by atoms with Crippen LogP contribution in [0.15, 0.2) is 24.3 Å². The van der Waals surface area contributed by atoms with Crippen LogP contribution in [-0.2, 0) is 4.74 Å². The summed E-state index contributed by atoms with van der Waals surface area (Å²) in [5, 5.41) is 0. The van der Waals surface area contributed by atoms with Gasteiger partial charge in [0.2, 0.25) is 0 Å². The SMILES string of the molecule is COCC(N)C(=O)c1ccc(OC)cc1. The van der Waals surface area contributed by atoms with Gasteiger partial charge in [-0.2, -0.15) is 0 Å². The molecule has 0 fully saturated rings. The lowest BCUT2D eigenvalue weighted by Gasteiger charge is -2.09. The zero-order valence-corrected chi connectivity index (χ0v) is 8.90. The van der Waals surface area contributed by atoms with E-state index in [2.05, 4.69) is 0 Å². The highest BCUT2D eigenvalue weighted by atomic mass is 16.5. The molecular weight excluding hydrogens is 194 g/mol. The van der Waals surface area contributed by atoms with Crippen LogP contribution in [0, 0.1) is 0 Å². The van der Waals surface area contributed by atoms with E-state index < -0.39 is 6.04 Å². The molecule has 1 atom stereocenters. The number of ketones is 1. The van der Waals surface area contributed by atoms with Gasteiger partial charge in [-0.3, -0.25) is 4.79 Å². The van der Waals surface area contributed by atoms with E-state index in [4.69, 9.17) is 15.2 Å². The number of rotatable bonds is 5. The van der Waals surface area contributed by atoms with Crippen molar-refractivity contribution in [1.82, 2.24) is 0 Å². The Morgan fingerprint density at radius 2 is 1.93 bits per heavy atom. The Kier molecular flexibility index (Phi) is 4.27. The molecule has 0 aliphatic heterocycles. The third-order valence-corrected chi connectivity index (χ3v) is 2.06. The number of hydrogen-bond acceptors (Lipinski definition) is 4. The molecule has 82 valence electrons. The number of Topliss-reactive ketones (excluding diaryl/α,β-unsaturated/α-hetero) is 1. The van der Waals surface area contributed by atoms with E-state index in [1.54, 1.807) is 31.4 Å². The third kappa shape index (κ3) is 3.04. The average Bonchev–Trinajstić information content (AvgIpc) is 2.28. The second-order valence-electron chi connectivity index (χ2n) is 3.15. The molecule has 0 heterocycles. The zero-order chi connectivity index (χ0) is 11.3. The molecule has 1 unspecified atom stereocenters. The molecule has 0 aromatic heterocycles. The first kappa shape index (κ1) is 11.7. The molecule has 0 aliphatic carbocycles. The van der Waals surface area contributed by atoms with Crippen molar-refractivity contribution < 1.29 is 14.3 Å². The van der Waals surface area contributed by atoms with Gasteiger partial charge >= 0.3 is 0 Å². The molecule has 1 aromatic rings. The van der Waals surface area contributed by atoms with E-state index in [1.165, 1.54) is 7.11 Å². The van der Waals surface area contributed by atoms with Crippen LogP contribution in [0.4, 0.5) is 0 Å². The minimum atomic E-state index is -0.608. The van der Waals surface area contributed by atoms with Crippen molar-refractivity contribution in [2.24, 2.45) is 5.73 Å². The van der Waals surface area contributed by atoms with Crippen molar-refractivity contribution in [3.05, 3.63) is 29.8 Å². The van der Waals surface area contributed by atoms with Crippen LogP contribution in [-0.4, -0.2) is 32.7 Å². The summed E-state index contributed by atoms with van der Waals surface area (Å²) in [4.78, 5) is 11.7. The maximum Gasteiger partial charge on any atom is 0.181 e. The molecule has 0 saturated carbocycles. The van der Waals surface area contributed by atoms with Crippen molar-refractivity contribution >= 4 is 5.78 Å². The lowest BCUT2D eigenvalue weighted by atomic mass is 10.1. The summed E-state index contributed by atoms with van der Waals surface area (Å²) < 4.78 is 9.81. The molecule has 4 nitrogen and oxygen atoms in total. The Bertz CT molecular complexity index is 321. The lowest BCUT2D eigenvalue weighted by Crippen LogP contribution is -2.34. The van der Waals surface area contributed by atoms with E-state index in [0.717, 1.165) is 0 Å². The van der Waals surface area contributed by atoms with Crippen LogP contribution in [0.5, 0.6) is 5.75 Å². The molecule has 0 amide bonds. The van der Waals surface area contributed by atoms with Crippen LogP contribution < -0.4 is 10.5 Å². The van der Waals surface area contributed by atoms with E-state index in [-0.39, 0.29) is 12.4 Å². The number of benzene rings is 1. The molecule has 0 saturated heterocycles. The van der Waals surface area contributed by atoms with Crippen LogP contribution in [0.1, 0.15) is 10.4 Å². The minimum absolute atomic E-state index is 0.125. The maximum absolute atomic E-state index is 11.7. The van der Waals surface area contributed by atoms with Crippen molar-refractivity contribution in [2.75, 3.05) is 20.8 Å². The predicted molar refractivity (Wildman–Crippen MR) is 57.2 cm³/mol. The first-order valence-electron chi connectivity index (χ1n) is 4.62. The molecule has 1 aromatic carbocycles. The molecule has 2 N–H and O–H groups in total. The van der Waals surface area contributed by atoms with Crippen molar-refractivity contribution in [2.45, 2.75) is 6.04 Å². The Hall–Kier alpha value is -1.39. The maximum atomic E-state index is 11.7. The molecule has 0 radical (unpaired) electrons. The molecule has 0 aliphatic rings. The minimum Gasteiger partial charge on any atom is -0.497 e. The number of methoxy groups -OCH3 is 2. The second kappa shape index (κ2) is 5.48. The van der Waals surface area contributed by atoms with E-state index in [9.17, 15) is 4.79 Å². The Morgan fingerprint density at radius 3 is 2.40 bits per heavy atom. The van der Waals surface area contributed by atoms with Gasteiger partial charge in [-0.1, -0.05) is 0 Å². The van der Waals surface area contributed by atoms with Gasteiger partial charge in [0.15, 0.2) is 5.78 Å². The standard InChI is InChI=1S/C11H15NO3/c1-14-7-10(12)11(13)8-3-5-9(15-2)6-4-8/h3-6,10H,7,12H2,1-2H3. The molecule has 4 heteroatoms. The number of carbonyl (C=O) groups excluding carboxylic acids is 1. The van der Waals surface area contributed by atoms with E-state index in [0.29, 0.717) is 11.3 Å². The highest BCUT2D eigenvalue weighted by Gasteiger charge is 2.14. The topological polar surface area (TPSA) is 61.5 Å². The molecule has 0 bridgehead atoms. The highest BCUT2D eigenvalue weighted by Crippen LogP contribution is 2.12. The van der Waals surface area contributed by atoms with Gasteiger partial charge in [0, 0.05) is 12.7 Å². The Morgan fingerprint density at radius 1 is 1.33 bits per heavy atom. The quantitative estimate of drug-likeness (QED) is 0.730. The third-order valence-electron chi connectivity index (χ3n) is 2.06. The van der Waals surface area contributed by atoms with Crippen molar-refractivity contribution in [3.63, 3.8) is 0 Å². The van der Waals surface area contributed by atoms with Gasteiger partial charge in [0.05, 0.1) is 19.8 Å². The molecule has 15 heavy (non-hydrogen) atoms. The fourth-order valence-corrected chi connectivity index (χ4v) is 1.22. The smallest absolute Gasteiger partial charge is 0.181 e. The van der Waals surface area contributed by atoms with Gasteiger partial charge in [-0.15, -0.1) is 0 Å². The summed E-state index contributed by atoms with van der Waals surface area (Å²) >= 11 is 0. The first-order valence-corrected chi connectivity index (χ1v) is 4.62. The predicted octanol–water partition coefficient (Wildman–Crippen LogP) is 0.852. The summed E-state index contributed by atoms with van der Waals surface area (Å²) in [5.74, 6) is 0.589. The van der Waals surface area contributed by atoms with Gasteiger partial charge < -0.3 is 15.2 Å². The van der Waals surface area contributed by atoms with Crippen molar-refractivity contribution in [1.29, 1.82) is 0 Å². The summed E-state index contributed by atoms with van der Waals surface area (Å²) in [6, 6.07) is 6.23. The van der Waals surface area contributed by atoms with Crippen LogP contribution in [0.3, 0.4) is 0 Å². The number of ether oxygens (including phenoxy) is 2. The average molecular weight is 209 g/mol. The number of carbonyl (C=O) groups is 1. The normalized spacial score (nSPS) is 12.2. The Balaban J connectivity index is 2.73. The van der Waals surface area contributed by atoms with Gasteiger partial charge in [0.25, 0.3) is 0 Å². The van der Waals surface area contributed by atoms with Crippen LogP contribution in [0.25, 0.3) is 0 Å². The summed E-state index contributed by atoms with van der Waals surface area (Å²) in [5.41, 5.74) is 6.19.